The van der Waals surface area contributed by atoms with E-state index in [1.54, 1.807) is 0 Å². The number of carbonyl (C=O) groups is 1. The number of carbonyl (C=O) groups excluding carboxylic acids is 1. The second-order valence-corrected chi connectivity index (χ2v) is 4.78. The number of rotatable bonds is 3. The highest BCUT2D eigenvalue weighted by Gasteiger charge is 2.16. The zero-order valence-electron chi connectivity index (χ0n) is 10.7. The van der Waals surface area contributed by atoms with Crippen molar-refractivity contribution in [3.05, 3.63) is 42.0 Å². The molecule has 0 N–H and O–H groups in total. The summed E-state index contributed by atoms with van der Waals surface area (Å²) in [5, 5.41) is 1.11. The molecule has 0 bridgehead atoms. The highest BCUT2D eigenvalue weighted by atomic mass is 16.1. The minimum absolute atomic E-state index is 0.808. The molecule has 2 heterocycles. The van der Waals surface area contributed by atoms with Crippen molar-refractivity contribution in [2.24, 2.45) is 0 Å². The lowest BCUT2D eigenvalue weighted by Gasteiger charge is -2.19. The molecule has 1 aromatic carbocycles. The molecule has 1 aromatic heterocycles. The Hall–Kier alpha value is -2.16. The second-order valence-electron chi connectivity index (χ2n) is 4.78. The minimum Gasteiger partial charge on any atom is -0.356 e. The Morgan fingerprint density at radius 2 is 1.95 bits per heavy atom. The maximum Gasteiger partial charge on any atom is 0.142 e. The van der Waals surface area contributed by atoms with Crippen LogP contribution in [0.2, 0.25) is 0 Å². The van der Waals surface area contributed by atoms with Crippen LogP contribution in [0.25, 0.3) is 17.0 Å². The zero-order valence-corrected chi connectivity index (χ0v) is 10.7. The number of aldehydes is 1. The number of benzene rings is 1. The SMILES string of the molecule is O=CC=Cc1cc2ccccc2nc1N1CCCC1. The van der Waals surface area contributed by atoms with Crippen LogP contribution in [0.5, 0.6) is 0 Å². The number of nitrogens with zero attached hydrogens (tertiary/aromatic N) is 2. The van der Waals surface area contributed by atoms with Crippen molar-refractivity contribution in [2.45, 2.75) is 12.8 Å². The molecule has 96 valence electrons. The first-order chi connectivity index (χ1) is 9.38. The Morgan fingerprint density at radius 1 is 1.16 bits per heavy atom. The van der Waals surface area contributed by atoms with Gasteiger partial charge in [0.2, 0.25) is 0 Å². The van der Waals surface area contributed by atoms with Crippen molar-refractivity contribution >= 4 is 29.1 Å². The average molecular weight is 252 g/mol. The summed E-state index contributed by atoms with van der Waals surface area (Å²) in [7, 11) is 0. The molecule has 0 amide bonds. The molecule has 3 heteroatoms. The molecule has 0 atom stereocenters. The maximum atomic E-state index is 10.6. The van der Waals surface area contributed by atoms with Gasteiger partial charge in [0.15, 0.2) is 0 Å². The zero-order chi connectivity index (χ0) is 13.1. The van der Waals surface area contributed by atoms with Gasteiger partial charge < -0.3 is 4.90 Å². The summed E-state index contributed by atoms with van der Waals surface area (Å²) in [5.74, 6) is 0.995. The van der Waals surface area contributed by atoms with Crippen LogP contribution in [-0.4, -0.2) is 24.4 Å². The van der Waals surface area contributed by atoms with Gasteiger partial charge in [-0.2, -0.15) is 0 Å². The highest BCUT2D eigenvalue weighted by Crippen LogP contribution is 2.27. The predicted molar refractivity (Wildman–Crippen MR) is 78.3 cm³/mol. The fraction of sp³-hybridized carbons (Fsp3) is 0.250. The van der Waals surface area contributed by atoms with Gasteiger partial charge in [0.25, 0.3) is 0 Å². The van der Waals surface area contributed by atoms with Gasteiger partial charge in [-0.05, 0) is 37.1 Å². The monoisotopic (exact) mass is 252 g/mol. The molecule has 3 nitrogen and oxygen atoms in total. The van der Waals surface area contributed by atoms with E-state index in [-0.39, 0.29) is 0 Å². The van der Waals surface area contributed by atoms with Gasteiger partial charge in [0.1, 0.15) is 12.1 Å². The van der Waals surface area contributed by atoms with E-state index in [0.29, 0.717) is 0 Å². The van der Waals surface area contributed by atoms with Gasteiger partial charge in [-0.15, -0.1) is 0 Å². The Kier molecular flexibility index (Phi) is 3.27. The molecule has 1 aliphatic rings. The Balaban J connectivity index is 2.14. The Morgan fingerprint density at radius 3 is 2.74 bits per heavy atom. The molecule has 0 spiro atoms. The van der Waals surface area contributed by atoms with Crippen molar-refractivity contribution in [2.75, 3.05) is 18.0 Å². The standard InChI is InChI=1S/C16H16N2O/c19-11-5-7-14-12-13-6-1-2-8-15(13)17-16(14)18-9-3-4-10-18/h1-2,5-8,11-12H,3-4,9-10H2. The molecule has 0 saturated carbocycles. The van der Waals surface area contributed by atoms with E-state index in [1.165, 1.54) is 18.9 Å². The van der Waals surface area contributed by atoms with Crippen LogP contribution in [0.15, 0.2) is 36.4 Å². The fourth-order valence-corrected chi connectivity index (χ4v) is 2.57. The third-order valence-electron chi connectivity index (χ3n) is 3.49. The minimum atomic E-state index is 0.808. The number of anilines is 1. The van der Waals surface area contributed by atoms with Crippen molar-refractivity contribution < 1.29 is 4.79 Å². The summed E-state index contributed by atoms with van der Waals surface area (Å²) in [6, 6.07) is 10.2. The van der Waals surface area contributed by atoms with E-state index in [2.05, 4.69) is 11.0 Å². The Labute approximate surface area is 112 Å². The number of allylic oxidation sites excluding steroid dienone is 1. The number of aromatic nitrogens is 1. The van der Waals surface area contributed by atoms with Crippen molar-refractivity contribution in [3.8, 4) is 0 Å². The van der Waals surface area contributed by atoms with Gasteiger partial charge >= 0.3 is 0 Å². The molecule has 1 saturated heterocycles. The van der Waals surface area contributed by atoms with E-state index in [4.69, 9.17) is 4.98 Å². The van der Waals surface area contributed by atoms with Crippen LogP contribution in [0.1, 0.15) is 18.4 Å². The van der Waals surface area contributed by atoms with Gasteiger partial charge in [-0.1, -0.05) is 18.2 Å². The van der Waals surface area contributed by atoms with E-state index in [1.807, 2.05) is 30.3 Å². The Bertz CT molecular complexity index is 628. The number of fused-ring (bicyclic) bond motifs is 1. The number of para-hydroxylation sites is 1. The molecular formula is C16H16N2O. The summed E-state index contributed by atoms with van der Waals surface area (Å²) in [5.41, 5.74) is 2.03. The molecule has 0 radical (unpaired) electrons. The lowest BCUT2D eigenvalue weighted by molar-refractivity contribution is -0.104. The third kappa shape index (κ3) is 2.36. The lowest BCUT2D eigenvalue weighted by Crippen LogP contribution is -2.20. The second kappa shape index (κ2) is 5.22. The average Bonchev–Trinajstić information content (AvgIpc) is 2.98. The molecule has 3 rings (SSSR count). The summed E-state index contributed by atoms with van der Waals surface area (Å²) in [6.07, 6.45) is 6.62. The summed E-state index contributed by atoms with van der Waals surface area (Å²) < 4.78 is 0. The molecular weight excluding hydrogens is 236 g/mol. The summed E-state index contributed by atoms with van der Waals surface area (Å²) in [6.45, 7) is 2.10. The predicted octanol–water partition coefficient (Wildman–Crippen LogP) is 3.05. The normalized spacial score (nSPS) is 15.5. The van der Waals surface area contributed by atoms with E-state index in [9.17, 15) is 4.79 Å². The van der Waals surface area contributed by atoms with Crippen LogP contribution in [0, 0.1) is 0 Å². The highest BCUT2D eigenvalue weighted by molar-refractivity contribution is 5.86. The fourth-order valence-electron chi connectivity index (χ4n) is 2.57. The number of hydrogen-bond acceptors (Lipinski definition) is 3. The lowest BCUT2D eigenvalue weighted by atomic mass is 10.1. The molecule has 1 fully saturated rings. The van der Waals surface area contributed by atoms with Crippen LogP contribution in [0.3, 0.4) is 0 Å². The summed E-state index contributed by atoms with van der Waals surface area (Å²) in [4.78, 5) is 17.6. The van der Waals surface area contributed by atoms with Gasteiger partial charge in [-0.3, -0.25) is 4.79 Å². The van der Waals surface area contributed by atoms with Gasteiger partial charge in [0, 0.05) is 24.0 Å². The molecule has 1 aliphatic heterocycles. The number of pyridine rings is 1. The summed E-state index contributed by atoms with van der Waals surface area (Å²) >= 11 is 0. The van der Waals surface area contributed by atoms with E-state index >= 15 is 0 Å². The van der Waals surface area contributed by atoms with E-state index < -0.39 is 0 Å². The van der Waals surface area contributed by atoms with Gasteiger partial charge in [-0.25, -0.2) is 4.98 Å². The van der Waals surface area contributed by atoms with Crippen molar-refractivity contribution in [3.63, 3.8) is 0 Å². The molecule has 2 aromatic rings. The number of hydrogen-bond donors (Lipinski definition) is 0. The maximum absolute atomic E-state index is 10.6. The van der Waals surface area contributed by atoms with Gasteiger partial charge in [0.05, 0.1) is 5.52 Å². The first-order valence-corrected chi connectivity index (χ1v) is 6.65. The van der Waals surface area contributed by atoms with Crippen molar-refractivity contribution in [1.29, 1.82) is 0 Å². The van der Waals surface area contributed by atoms with Crippen LogP contribution >= 0.6 is 0 Å². The first-order valence-electron chi connectivity index (χ1n) is 6.65. The van der Waals surface area contributed by atoms with E-state index in [0.717, 1.165) is 41.7 Å². The largest absolute Gasteiger partial charge is 0.356 e. The first kappa shape index (κ1) is 11.9. The quantitative estimate of drug-likeness (QED) is 0.622. The topological polar surface area (TPSA) is 33.2 Å². The molecule has 0 unspecified atom stereocenters. The third-order valence-corrected chi connectivity index (χ3v) is 3.49. The van der Waals surface area contributed by atoms with Crippen LogP contribution < -0.4 is 4.90 Å². The van der Waals surface area contributed by atoms with Crippen LogP contribution in [-0.2, 0) is 4.79 Å². The molecule has 0 aliphatic carbocycles. The van der Waals surface area contributed by atoms with Crippen LogP contribution in [0.4, 0.5) is 5.82 Å². The smallest absolute Gasteiger partial charge is 0.142 e. The van der Waals surface area contributed by atoms with Crippen molar-refractivity contribution in [1.82, 2.24) is 4.98 Å². The molecule has 19 heavy (non-hydrogen) atoms.